The van der Waals surface area contributed by atoms with Crippen LogP contribution in [0.2, 0.25) is 0 Å². The van der Waals surface area contributed by atoms with Gasteiger partial charge in [-0.2, -0.15) is 0 Å². The summed E-state index contributed by atoms with van der Waals surface area (Å²) in [5, 5.41) is 13.9. The molecule has 0 saturated heterocycles. The van der Waals surface area contributed by atoms with Gasteiger partial charge < -0.3 is 10.4 Å². The van der Waals surface area contributed by atoms with Crippen molar-refractivity contribution in [2.24, 2.45) is 0 Å². The van der Waals surface area contributed by atoms with Crippen molar-refractivity contribution in [2.45, 2.75) is 13.0 Å². The van der Waals surface area contributed by atoms with Gasteiger partial charge in [0.1, 0.15) is 0 Å². The van der Waals surface area contributed by atoms with E-state index < -0.39 is 11.8 Å². The molecule has 1 atom stereocenters. The second-order valence-electron chi connectivity index (χ2n) is 3.98. The molecule has 3 nitrogen and oxygen atoms in total. The summed E-state index contributed by atoms with van der Waals surface area (Å²) in [6, 6.07) is 6.66. The Labute approximate surface area is 122 Å². The van der Waals surface area contributed by atoms with Crippen LogP contribution in [-0.4, -0.2) is 11.1 Å². The van der Waals surface area contributed by atoms with Gasteiger partial charge in [0.2, 0.25) is 0 Å². The van der Waals surface area contributed by atoms with Crippen molar-refractivity contribution < 1.29 is 14.3 Å². The van der Waals surface area contributed by atoms with Crippen LogP contribution < -0.4 is 5.32 Å². The Bertz CT molecular complexity index is 601. The number of thiophene rings is 1. The topological polar surface area (TPSA) is 49.3 Å². The molecule has 2 rings (SSSR count). The normalized spacial score (nSPS) is 12.2. The molecule has 0 fully saturated rings. The van der Waals surface area contributed by atoms with Crippen molar-refractivity contribution in [3.63, 3.8) is 0 Å². The van der Waals surface area contributed by atoms with Crippen LogP contribution in [0, 0.1) is 5.82 Å². The maximum atomic E-state index is 14.1. The summed E-state index contributed by atoms with van der Waals surface area (Å²) in [5.41, 5.74) is 0.185. The number of hydrogen-bond donors (Lipinski definition) is 2. The Morgan fingerprint density at radius 2 is 2.21 bits per heavy atom. The number of carboxylic acid groups (broad SMARTS) is 1. The number of aromatic carboxylic acids is 1. The quantitative estimate of drug-likeness (QED) is 0.857. The average Bonchev–Trinajstić information content (AvgIpc) is 2.88. The van der Waals surface area contributed by atoms with Gasteiger partial charge in [-0.1, -0.05) is 6.07 Å². The number of nitrogens with one attached hydrogen (secondary N) is 1. The van der Waals surface area contributed by atoms with E-state index in [1.807, 2.05) is 24.4 Å². The molecule has 6 heteroatoms. The van der Waals surface area contributed by atoms with Gasteiger partial charge in [0, 0.05) is 4.88 Å². The zero-order chi connectivity index (χ0) is 14.0. The van der Waals surface area contributed by atoms with Crippen molar-refractivity contribution in [1.82, 2.24) is 0 Å². The summed E-state index contributed by atoms with van der Waals surface area (Å²) in [5.74, 6) is -1.76. The average molecular weight is 344 g/mol. The van der Waals surface area contributed by atoms with E-state index in [1.165, 1.54) is 12.1 Å². The summed E-state index contributed by atoms with van der Waals surface area (Å²) in [7, 11) is 0. The molecule has 0 aliphatic carbocycles. The van der Waals surface area contributed by atoms with Crippen molar-refractivity contribution in [3.8, 4) is 0 Å². The zero-order valence-electron chi connectivity index (χ0n) is 9.98. The van der Waals surface area contributed by atoms with Gasteiger partial charge in [0.05, 0.1) is 21.8 Å². The fraction of sp³-hybridized carbons (Fsp3) is 0.154. The maximum Gasteiger partial charge on any atom is 0.336 e. The third-order valence-corrected chi connectivity index (χ3v) is 4.48. The van der Waals surface area contributed by atoms with Gasteiger partial charge in [0.25, 0.3) is 0 Å². The molecule has 1 aromatic heterocycles. The number of carbonyl (C=O) groups is 1. The van der Waals surface area contributed by atoms with Crippen LogP contribution in [0.1, 0.15) is 28.2 Å². The first-order chi connectivity index (χ1) is 9.00. The number of halogens is 2. The van der Waals surface area contributed by atoms with Crippen LogP contribution in [0.25, 0.3) is 0 Å². The molecule has 0 aliphatic heterocycles. The first kappa shape index (κ1) is 14.0. The highest BCUT2D eigenvalue weighted by Gasteiger charge is 2.17. The number of anilines is 1. The monoisotopic (exact) mass is 343 g/mol. The molecule has 2 N–H and O–H groups in total. The fourth-order valence-electron chi connectivity index (χ4n) is 1.67. The molecule has 0 aliphatic rings. The van der Waals surface area contributed by atoms with Gasteiger partial charge >= 0.3 is 5.97 Å². The maximum absolute atomic E-state index is 14.1. The molecular weight excluding hydrogens is 333 g/mol. The van der Waals surface area contributed by atoms with Crippen LogP contribution in [0.5, 0.6) is 0 Å². The second-order valence-corrected chi connectivity index (χ2v) is 5.75. The fourth-order valence-corrected chi connectivity index (χ4v) is 2.92. The van der Waals surface area contributed by atoms with E-state index in [0.29, 0.717) is 0 Å². The minimum Gasteiger partial charge on any atom is -0.478 e. The van der Waals surface area contributed by atoms with E-state index >= 15 is 0 Å². The van der Waals surface area contributed by atoms with Gasteiger partial charge in [-0.25, -0.2) is 9.18 Å². The van der Waals surface area contributed by atoms with Crippen molar-refractivity contribution in [1.29, 1.82) is 0 Å². The summed E-state index contributed by atoms with van der Waals surface area (Å²) >= 11 is 4.55. The highest BCUT2D eigenvalue weighted by Crippen LogP contribution is 2.30. The van der Waals surface area contributed by atoms with Crippen LogP contribution in [0.3, 0.4) is 0 Å². The summed E-state index contributed by atoms with van der Waals surface area (Å²) < 4.78 is 14.0. The van der Waals surface area contributed by atoms with E-state index in [4.69, 9.17) is 5.11 Å². The number of benzene rings is 1. The molecule has 0 radical (unpaired) electrons. The van der Waals surface area contributed by atoms with Gasteiger partial charge in [-0.05, 0) is 46.4 Å². The van der Waals surface area contributed by atoms with E-state index in [2.05, 4.69) is 21.2 Å². The van der Waals surface area contributed by atoms with Crippen molar-refractivity contribution >= 4 is 38.9 Å². The van der Waals surface area contributed by atoms with Crippen molar-refractivity contribution in [3.05, 3.63) is 50.4 Å². The first-order valence-corrected chi connectivity index (χ1v) is 7.19. The highest BCUT2D eigenvalue weighted by molar-refractivity contribution is 9.10. The molecule has 0 spiro atoms. The SMILES string of the molecule is CC(Nc1ccc(C(=O)O)c(Br)c1F)c1cccs1. The number of rotatable bonds is 4. The summed E-state index contributed by atoms with van der Waals surface area (Å²) in [6.07, 6.45) is 0. The lowest BCUT2D eigenvalue weighted by Crippen LogP contribution is -2.08. The third kappa shape index (κ3) is 2.96. The summed E-state index contributed by atoms with van der Waals surface area (Å²) in [6.45, 7) is 1.92. The van der Waals surface area contributed by atoms with Crippen LogP contribution in [0.4, 0.5) is 10.1 Å². The highest BCUT2D eigenvalue weighted by atomic mass is 79.9. The molecule has 0 saturated carbocycles. The smallest absolute Gasteiger partial charge is 0.336 e. The van der Waals surface area contributed by atoms with Crippen LogP contribution >= 0.6 is 27.3 Å². The molecule has 19 heavy (non-hydrogen) atoms. The molecular formula is C13H11BrFNO2S. The Morgan fingerprint density at radius 1 is 1.47 bits per heavy atom. The first-order valence-electron chi connectivity index (χ1n) is 5.52. The molecule has 0 bridgehead atoms. The minimum absolute atomic E-state index is 0.0385. The Kier molecular flexibility index (Phi) is 4.21. The lowest BCUT2D eigenvalue weighted by molar-refractivity contribution is 0.0695. The van der Waals surface area contributed by atoms with E-state index in [-0.39, 0.29) is 21.8 Å². The Morgan fingerprint density at radius 3 is 2.79 bits per heavy atom. The third-order valence-electron chi connectivity index (χ3n) is 2.65. The molecule has 1 unspecified atom stereocenters. The zero-order valence-corrected chi connectivity index (χ0v) is 12.4. The molecule has 1 heterocycles. The predicted molar refractivity (Wildman–Crippen MR) is 77.4 cm³/mol. The molecule has 1 aromatic carbocycles. The molecule has 2 aromatic rings. The number of carboxylic acids is 1. The summed E-state index contributed by atoms with van der Waals surface area (Å²) in [4.78, 5) is 12.0. The van der Waals surface area contributed by atoms with Crippen LogP contribution in [-0.2, 0) is 0 Å². The van der Waals surface area contributed by atoms with Gasteiger partial charge in [0.15, 0.2) is 5.82 Å². The van der Waals surface area contributed by atoms with Crippen LogP contribution in [0.15, 0.2) is 34.1 Å². The lowest BCUT2D eigenvalue weighted by atomic mass is 10.1. The predicted octanol–water partition coefficient (Wildman–Crippen LogP) is 4.52. The molecule has 100 valence electrons. The number of hydrogen-bond acceptors (Lipinski definition) is 3. The van der Waals surface area contributed by atoms with Gasteiger partial charge in [-0.3, -0.25) is 0 Å². The second kappa shape index (κ2) is 5.71. The van der Waals surface area contributed by atoms with E-state index in [0.717, 1.165) is 4.88 Å². The van der Waals surface area contributed by atoms with E-state index in [1.54, 1.807) is 11.3 Å². The standard InChI is InChI=1S/C13H11BrFNO2S/c1-7(10-3-2-6-19-10)16-9-5-4-8(13(17)18)11(14)12(9)15/h2-7,16H,1H3,(H,17,18). The molecule has 0 amide bonds. The van der Waals surface area contributed by atoms with E-state index in [9.17, 15) is 9.18 Å². The van der Waals surface area contributed by atoms with Crippen molar-refractivity contribution in [2.75, 3.05) is 5.32 Å². The largest absolute Gasteiger partial charge is 0.478 e. The minimum atomic E-state index is -1.16. The Balaban J connectivity index is 2.27. The lowest BCUT2D eigenvalue weighted by Gasteiger charge is -2.15. The Hall–Kier alpha value is -1.40. The van der Waals surface area contributed by atoms with Gasteiger partial charge in [-0.15, -0.1) is 11.3 Å².